The van der Waals surface area contributed by atoms with E-state index >= 15 is 0 Å². The Morgan fingerprint density at radius 2 is 1.52 bits per heavy atom. The van der Waals surface area contributed by atoms with Crippen molar-refractivity contribution in [2.45, 2.75) is 64.0 Å². The molecule has 9 nitrogen and oxygen atoms in total. The van der Waals surface area contributed by atoms with Crippen molar-refractivity contribution in [2.24, 2.45) is 0 Å². The van der Waals surface area contributed by atoms with Gasteiger partial charge in [-0.2, -0.15) is 11.8 Å². The highest BCUT2D eigenvalue weighted by Gasteiger charge is 2.51. The van der Waals surface area contributed by atoms with Crippen LogP contribution in [0.3, 0.4) is 0 Å². The van der Waals surface area contributed by atoms with E-state index in [4.69, 9.17) is 18.9 Å². The molecule has 0 spiro atoms. The molecule has 11 heteroatoms. The summed E-state index contributed by atoms with van der Waals surface area (Å²) in [6, 6.07) is 16.8. The van der Waals surface area contributed by atoms with Gasteiger partial charge in [-0.05, 0) is 59.7 Å². The fourth-order valence-electron chi connectivity index (χ4n) is 4.89. The van der Waals surface area contributed by atoms with Gasteiger partial charge in [0, 0.05) is 36.9 Å². The summed E-state index contributed by atoms with van der Waals surface area (Å²) in [5, 5.41) is 8.70. The summed E-state index contributed by atoms with van der Waals surface area (Å²) in [7, 11) is 0. The number of hydrogen-bond acceptors (Lipinski definition) is 10. The van der Waals surface area contributed by atoms with E-state index in [-0.39, 0.29) is 5.56 Å². The van der Waals surface area contributed by atoms with E-state index in [1.54, 1.807) is 35.6 Å². The van der Waals surface area contributed by atoms with Gasteiger partial charge in [0.05, 0.1) is 10.8 Å². The quantitative estimate of drug-likeness (QED) is 0.242. The molecule has 0 radical (unpaired) electrons. The number of esters is 3. The van der Waals surface area contributed by atoms with Crippen LogP contribution in [0.2, 0.25) is 0 Å². The van der Waals surface area contributed by atoms with Gasteiger partial charge in [0.15, 0.2) is 6.10 Å². The normalized spacial score (nSPS) is 21.8. The minimum absolute atomic E-state index is 0.238. The summed E-state index contributed by atoms with van der Waals surface area (Å²) < 4.78 is 22.8. The zero-order valence-electron chi connectivity index (χ0n) is 23.8. The van der Waals surface area contributed by atoms with Crippen LogP contribution in [-0.2, 0) is 39.8 Å². The van der Waals surface area contributed by atoms with E-state index in [1.165, 1.54) is 32.5 Å². The van der Waals surface area contributed by atoms with Crippen molar-refractivity contribution in [2.75, 3.05) is 6.26 Å². The minimum atomic E-state index is -1.28. The van der Waals surface area contributed by atoms with Gasteiger partial charge in [-0.25, -0.2) is 4.79 Å². The molecule has 42 heavy (non-hydrogen) atoms. The number of carboxylic acid groups (broad SMARTS) is 1. The summed E-state index contributed by atoms with van der Waals surface area (Å²) in [4.78, 5) is 49.3. The van der Waals surface area contributed by atoms with E-state index in [9.17, 15) is 24.3 Å². The molecule has 1 aromatic heterocycles. The number of carbonyl (C=O) groups is 4. The van der Waals surface area contributed by atoms with Crippen LogP contribution in [0.4, 0.5) is 0 Å². The molecule has 5 atom stereocenters. The predicted octanol–water partition coefficient (Wildman–Crippen LogP) is 5.57. The summed E-state index contributed by atoms with van der Waals surface area (Å²) >= 11 is 3.02. The first-order chi connectivity index (χ1) is 20.0. The fraction of sp³-hybridized carbons (Fsp3) is 0.355. The first-order valence-electron chi connectivity index (χ1n) is 13.2. The van der Waals surface area contributed by atoms with Crippen LogP contribution < -0.4 is 0 Å². The third-order valence-corrected chi connectivity index (χ3v) is 8.99. The van der Waals surface area contributed by atoms with Gasteiger partial charge >= 0.3 is 23.9 Å². The second kappa shape index (κ2) is 13.5. The van der Waals surface area contributed by atoms with E-state index in [2.05, 4.69) is 6.07 Å². The van der Waals surface area contributed by atoms with Gasteiger partial charge < -0.3 is 24.1 Å². The first-order valence-corrected chi connectivity index (χ1v) is 15.3. The topological polar surface area (TPSA) is 125 Å². The largest absolute Gasteiger partial charge is 0.478 e. The third kappa shape index (κ3) is 7.39. The molecule has 1 aliphatic heterocycles. The molecule has 1 aliphatic rings. The minimum Gasteiger partial charge on any atom is -0.478 e. The molecule has 222 valence electrons. The standard InChI is InChI=1S/C31H32O9S2/c1-16-6-7-22(14-23(16)15-24-12-13-25(42-24)20-8-10-21(11-9-20)30(35)36)26-29(41-5)27(37-17(2)32)28(38-18(3)33)31(40-26)39-19(4)34/h6-14,26-29,31H,15H2,1-5H3,(H,35,36). The van der Waals surface area contributed by atoms with Crippen molar-refractivity contribution in [3.63, 3.8) is 0 Å². The lowest BCUT2D eigenvalue weighted by molar-refractivity contribution is -0.266. The maximum absolute atomic E-state index is 12.1. The zero-order valence-corrected chi connectivity index (χ0v) is 25.5. The number of carboxylic acids is 1. The molecule has 5 unspecified atom stereocenters. The van der Waals surface area contributed by atoms with E-state index < -0.39 is 53.7 Å². The predicted molar refractivity (Wildman–Crippen MR) is 158 cm³/mol. The molecule has 0 bridgehead atoms. The van der Waals surface area contributed by atoms with E-state index in [0.717, 1.165) is 32.0 Å². The third-order valence-electron chi connectivity index (χ3n) is 6.80. The van der Waals surface area contributed by atoms with Gasteiger partial charge in [0.2, 0.25) is 12.4 Å². The van der Waals surface area contributed by atoms with Crippen LogP contribution in [0.1, 0.15) is 58.8 Å². The van der Waals surface area contributed by atoms with Crippen LogP contribution >= 0.6 is 23.1 Å². The SMILES string of the molecule is CSC1C(c2ccc(C)c(Cc3ccc(-c4ccc(C(=O)O)cc4)s3)c2)OC(OC(C)=O)C(OC(C)=O)C1OC(C)=O. The van der Waals surface area contributed by atoms with E-state index in [1.807, 2.05) is 37.4 Å². The Morgan fingerprint density at radius 3 is 2.12 bits per heavy atom. The molecule has 2 aromatic carbocycles. The Hall–Kier alpha value is -3.67. The molecule has 0 saturated carbocycles. The van der Waals surface area contributed by atoms with Crippen molar-refractivity contribution in [1.82, 2.24) is 0 Å². The molecular formula is C31H32O9S2. The first kappa shape index (κ1) is 31.3. The average Bonchev–Trinajstić information content (AvgIpc) is 3.39. The van der Waals surface area contributed by atoms with Gasteiger partial charge in [-0.3, -0.25) is 14.4 Å². The number of thioether (sulfide) groups is 1. The molecule has 1 N–H and O–H groups in total. The molecule has 2 heterocycles. The van der Waals surface area contributed by atoms with Crippen LogP contribution in [0.15, 0.2) is 54.6 Å². The number of ether oxygens (including phenoxy) is 4. The van der Waals surface area contributed by atoms with Crippen molar-refractivity contribution in [3.8, 4) is 10.4 Å². The molecule has 0 aliphatic carbocycles. The number of aromatic carboxylic acids is 1. The molecule has 4 rings (SSSR count). The number of rotatable bonds is 9. The number of aryl methyl sites for hydroxylation is 1. The van der Waals surface area contributed by atoms with Crippen molar-refractivity contribution >= 4 is 47.0 Å². The average molecular weight is 613 g/mol. The van der Waals surface area contributed by atoms with Gasteiger partial charge in [-0.1, -0.05) is 30.3 Å². The van der Waals surface area contributed by atoms with Crippen LogP contribution in [0.25, 0.3) is 10.4 Å². The second-order valence-corrected chi connectivity index (χ2v) is 12.1. The van der Waals surface area contributed by atoms with Crippen LogP contribution in [0.5, 0.6) is 0 Å². The number of benzene rings is 2. The van der Waals surface area contributed by atoms with Gasteiger partial charge in [-0.15, -0.1) is 11.3 Å². The Bertz CT molecular complexity index is 1460. The number of hydrogen-bond donors (Lipinski definition) is 1. The Morgan fingerprint density at radius 1 is 0.881 bits per heavy atom. The zero-order chi connectivity index (χ0) is 30.6. The van der Waals surface area contributed by atoms with Gasteiger partial charge in [0.25, 0.3) is 0 Å². The fourth-order valence-corrected chi connectivity index (χ4v) is 6.87. The summed E-state index contributed by atoms with van der Waals surface area (Å²) in [6.45, 7) is 5.74. The van der Waals surface area contributed by atoms with Crippen molar-refractivity contribution in [1.29, 1.82) is 0 Å². The maximum atomic E-state index is 12.1. The lowest BCUT2D eigenvalue weighted by Gasteiger charge is -2.44. The number of thiophene rings is 1. The Balaban J connectivity index is 1.64. The highest BCUT2D eigenvalue weighted by Crippen LogP contribution is 2.42. The molecule has 1 fully saturated rings. The Labute approximate surface area is 252 Å². The smallest absolute Gasteiger partial charge is 0.335 e. The van der Waals surface area contributed by atoms with Crippen LogP contribution in [0, 0.1) is 6.92 Å². The summed E-state index contributed by atoms with van der Waals surface area (Å²) in [5.74, 6) is -2.78. The molecule has 0 amide bonds. The highest BCUT2D eigenvalue weighted by atomic mass is 32.2. The molecular weight excluding hydrogens is 580 g/mol. The number of carbonyl (C=O) groups excluding carboxylic acids is 3. The summed E-state index contributed by atoms with van der Waals surface area (Å²) in [5.41, 5.74) is 4.10. The molecule has 1 saturated heterocycles. The monoisotopic (exact) mass is 612 g/mol. The van der Waals surface area contributed by atoms with E-state index in [0.29, 0.717) is 6.42 Å². The lowest BCUT2D eigenvalue weighted by atomic mass is 9.92. The maximum Gasteiger partial charge on any atom is 0.335 e. The highest BCUT2D eigenvalue weighted by molar-refractivity contribution is 7.99. The van der Waals surface area contributed by atoms with Gasteiger partial charge in [0.1, 0.15) is 6.10 Å². The van der Waals surface area contributed by atoms with Crippen molar-refractivity contribution < 1.29 is 43.2 Å². The molecule has 3 aromatic rings. The summed E-state index contributed by atoms with van der Waals surface area (Å²) in [6.07, 6.45) is -1.50. The second-order valence-electron chi connectivity index (χ2n) is 9.89. The van der Waals surface area contributed by atoms with Crippen LogP contribution in [-0.4, -0.2) is 59.0 Å². The Kier molecular flexibility index (Phi) is 10.1. The lowest BCUT2D eigenvalue weighted by Crippen LogP contribution is -2.57. The van der Waals surface area contributed by atoms with Crippen molar-refractivity contribution in [3.05, 3.63) is 81.7 Å².